The number of rotatable bonds is 5. The minimum Gasteiger partial charge on any atom is -0.330 e. The number of hydrogen-bond acceptors (Lipinski definition) is 8. The van der Waals surface area contributed by atoms with Crippen LogP contribution in [0.2, 0.25) is 0 Å². The molecule has 2 aromatic rings. The molecule has 2 saturated heterocycles. The zero-order valence-electron chi connectivity index (χ0n) is 16.3. The molecule has 2 aromatic heterocycles. The molecule has 9 nitrogen and oxygen atoms in total. The second-order valence-corrected chi connectivity index (χ2v) is 9.30. The number of carbonyl (C=O) groups is 2. The number of piperidine rings is 1. The predicted octanol–water partition coefficient (Wildman–Crippen LogP) is 2.18. The average molecular weight is 434 g/mol. The minimum absolute atomic E-state index is 0.112. The molecule has 0 bridgehead atoms. The van der Waals surface area contributed by atoms with E-state index in [0.717, 1.165) is 42.2 Å². The molecule has 11 heteroatoms. The van der Waals surface area contributed by atoms with Gasteiger partial charge in [0.2, 0.25) is 11.9 Å². The van der Waals surface area contributed by atoms with Gasteiger partial charge in [0.25, 0.3) is 0 Å². The van der Waals surface area contributed by atoms with Crippen molar-refractivity contribution in [2.45, 2.75) is 36.7 Å². The first-order valence-corrected chi connectivity index (χ1v) is 11.4. The third-order valence-corrected chi connectivity index (χ3v) is 6.78. The van der Waals surface area contributed by atoms with Gasteiger partial charge in [-0.15, -0.1) is 23.1 Å². The molecular weight excluding hydrogens is 410 g/mol. The van der Waals surface area contributed by atoms with Gasteiger partial charge in [-0.25, -0.2) is 19.7 Å². The summed E-state index contributed by atoms with van der Waals surface area (Å²) in [6, 6.07) is -0.127. The van der Waals surface area contributed by atoms with Crippen LogP contribution in [0, 0.1) is 0 Å². The number of hydrogen-bond donors (Lipinski definition) is 2. The van der Waals surface area contributed by atoms with E-state index in [2.05, 4.69) is 30.5 Å². The maximum atomic E-state index is 12.5. The first-order valence-electron chi connectivity index (χ1n) is 9.37. The molecule has 29 heavy (non-hydrogen) atoms. The summed E-state index contributed by atoms with van der Waals surface area (Å²) in [6.45, 7) is 4.63. The second kappa shape index (κ2) is 8.25. The fourth-order valence-electron chi connectivity index (χ4n) is 3.66. The van der Waals surface area contributed by atoms with Crippen LogP contribution in [0.15, 0.2) is 23.5 Å². The molecule has 0 unspecified atom stereocenters. The van der Waals surface area contributed by atoms with Crippen molar-refractivity contribution in [3.63, 3.8) is 0 Å². The molecule has 0 radical (unpaired) electrons. The van der Waals surface area contributed by atoms with Crippen molar-refractivity contribution < 1.29 is 9.59 Å². The highest BCUT2D eigenvalue weighted by molar-refractivity contribution is 7.98. The fourth-order valence-corrected chi connectivity index (χ4v) is 4.87. The predicted molar refractivity (Wildman–Crippen MR) is 113 cm³/mol. The highest BCUT2D eigenvalue weighted by Crippen LogP contribution is 2.31. The van der Waals surface area contributed by atoms with Gasteiger partial charge in [0.15, 0.2) is 5.13 Å². The molecule has 3 amide bonds. The third kappa shape index (κ3) is 4.51. The zero-order valence-corrected chi connectivity index (χ0v) is 18.0. The Hall–Kier alpha value is -2.24. The van der Waals surface area contributed by atoms with Crippen LogP contribution < -0.4 is 15.5 Å². The number of likely N-dealkylation sites (tertiary alicyclic amines) is 1. The fraction of sp³-hybridized carbons (Fsp3) is 0.500. The summed E-state index contributed by atoms with van der Waals surface area (Å²) in [5.41, 5.74) is -0.232. The first kappa shape index (κ1) is 20.0. The molecule has 0 aromatic carbocycles. The van der Waals surface area contributed by atoms with E-state index in [9.17, 15) is 9.59 Å². The van der Waals surface area contributed by atoms with Crippen LogP contribution in [0.5, 0.6) is 0 Å². The summed E-state index contributed by atoms with van der Waals surface area (Å²) in [7, 11) is 0. The molecule has 0 aliphatic carbocycles. The standard InChI is InChI=1S/C18H23N7O2S2/c1-12(26)22-16-21-9-14(29-16)10-24-5-3-18(4-6-24)11-25(17(27)23-18)15-19-7-13(28-2)8-20-15/h7-9H,3-6,10-11H2,1-2H3,(H,23,27)(H,21,22,26). The van der Waals surface area contributed by atoms with Crippen LogP contribution in [0.1, 0.15) is 24.6 Å². The van der Waals surface area contributed by atoms with Crippen LogP contribution in [-0.4, -0.2) is 63.2 Å². The number of nitrogens with one attached hydrogen (secondary N) is 2. The third-order valence-electron chi connectivity index (χ3n) is 5.20. The van der Waals surface area contributed by atoms with Crippen molar-refractivity contribution in [1.82, 2.24) is 25.2 Å². The van der Waals surface area contributed by atoms with Crippen molar-refractivity contribution >= 4 is 46.1 Å². The minimum atomic E-state index is -0.232. The van der Waals surface area contributed by atoms with Gasteiger partial charge in [0.1, 0.15) is 0 Å². The number of nitrogens with zero attached hydrogens (tertiary/aromatic N) is 5. The number of thioether (sulfide) groups is 1. The van der Waals surface area contributed by atoms with Gasteiger partial charge in [-0.2, -0.15) is 0 Å². The Morgan fingerprint density at radius 2 is 2.00 bits per heavy atom. The Morgan fingerprint density at radius 3 is 2.66 bits per heavy atom. The normalized spacial score (nSPS) is 18.8. The summed E-state index contributed by atoms with van der Waals surface area (Å²) in [5.74, 6) is 0.342. The molecule has 2 aliphatic rings. The maximum absolute atomic E-state index is 12.5. The monoisotopic (exact) mass is 433 g/mol. The summed E-state index contributed by atoms with van der Waals surface area (Å²) >= 11 is 3.07. The van der Waals surface area contributed by atoms with E-state index < -0.39 is 0 Å². The van der Waals surface area contributed by atoms with E-state index >= 15 is 0 Å². The van der Waals surface area contributed by atoms with Gasteiger partial charge in [0.05, 0.1) is 12.1 Å². The second-order valence-electron chi connectivity index (χ2n) is 7.31. The highest BCUT2D eigenvalue weighted by Gasteiger charge is 2.45. The lowest BCUT2D eigenvalue weighted by atomic mass is 9.88. The SMILES string of the molecule is CSc1cnc(N2CC3(CCN(Cc4cnc(NC(C)=O)s4)CC3)NC2=O)nc1. The zero-order chi connectivity index (χ0) is 20.4. The van der Waals surface area contributed by atoms with Gasteiger partial charge in [-0.1, -0.05) is 0 Å². The Bertz CT molecular complexity index is 894. The van der Waals surface area contributed by atoms with Crippen molar-refractivity contribution in [2.75, 3.05) is 36.1 Å². The summed E-state index contributed by atoms with van der Waals surface area (Å²) in [6.07, 6.45) is 9.02. The van der Waals surface area contributed by atoms with Crippen molar-refractivity contribution in [3.8, 4) is 0 Å². The Labute approximate surface area is 177 Å². The molecule has 4 heterocycles. The van der Waals surface area contributed by atoms with Gasteiger partial charge in [-0.05, 0) is 19.1 Å². The lowest BCUT2D eigenvalue weighted by molar-refractivity contribution is -0.114. The van der Waals surface area contributed by atoms with Gasteiger partial charge < -0.3 is 10.6 Å². The summed E-state index contributed by atoms with van der Waals surface area (Å²) in [4.78, 5) is 42.7. The van der Waals surface area contributed by atoms with E-state index in [0.29, 0.717) is 17.6 Å². The number of carbonyl (C=O) groups excluding carboxylic acids is 2. The largest absolute Gasteiger partial charge is 0.330 e. The quantitative estimate of drug-likeness (QED) is 0.697. The van der Waals surface area contributed by atoms with Crippen molar-refractivity contribution in [1.29, 1.82) is 0 Å². The Kier molecular flexibility index (Phi) is 5.70. The van der Waals surface area contributed by atoms with Crippen LogP contribution in [0.25, 0.3) is 0 Å². The molecule has 4 rings (SSSR count). The lowest BCUT2D eigenvalue weighted by Gasteiger charge is -2.38. The smallest absolute Gasteiger partial charge is 0.324 e. The number of thiazole rings is 1. The number of aromatic nitrogens is 3. The van der Waals surface area contributed by atoms with E-state index in [-0.39, 0.29) is 17.5 Å². The molecule has 1 spiro atoms. The van der Waals surface area contributed by atoms with Crippen LogP contribution in [0.4, 0.5) is 15.9 Å². The molecule has 2 fully saturated rings. The summed E-state index contributed by atoms with van der Waals surface area (Å²) in [5, 5.41) is 6.52. The molecular formula is C18H23N7O2S2. The summed E-state index contributed by atoms with van der Waals surface area (Å²) < 4.78 is 0. The van der Waals surface area contributed by atoms with Crippen LogP contribution in [0.3, 0.4) is 0 Å². The van der Waals surface area contributed by atoms with Crippen molar-refractivity contribution in [3.05, 3.63) is 23.5 Å². The molecule has 0 atom stereocenters. The molecule has 2 N–H and O–H groups in total. The molecule has 2 aliphatic heterocycles. The van der Waals surface area contributed by atoms with E-state index in [4.69, 9.17) is 0 Å². The number of anilines is 2. The van der Waals surface area contributed by atoms with E-state index in [1.54, 1.807) is 29.1 Å². The van der Waals surface area contributed by atoms with Crippen LogP contribution >= 0.6 is 23.1 Å². The Morgan fingerprint density at radius 1 is 1.28 bits per heavy atom. The van der Waals surface area contributed by atoms with Gasteiger partial charge >= 0.3 is 6.03 Å². The maximum Gasteiger partial charge on any atom is 0.324 e. The first-order chi connectivity index (χ1) is 14.0. The number of urea groups is 1. The van der Waals surface area contributed by atoms with E-state index in [1.165, 1.54) is 18.3 Å². The van der Waals surface area contributed by atoms with Crippen molar-refractivity contribution in [2.24, 2.45) is 0 Å². The van der Waals surface area contributed by atoms with Crippen LogP contribution in [-0.2, 0) is 11.3 Å². The highest BCUT2D eigenvalue weighted by atomic mass is 32.2. The molecule has 0 saturated carbocycles. The average Bonchev–Trinajstić information content (AvgIpc) is 3.27. The van der Waals surface area contributed by atoms with Gasteiger partial charge in [-0.3, -0.25) is 14.6 Å². The topological polar surface area (TPSA) is 103 Å². The molecule has 154 valence electrons. The van der Waals surface area contributed by atoms with Gasteiger partial charge in [0, 0.05) is 54.9 Å². The van der Waals surface area contributed by atoms with E-state index in [1.807, 2.05) is 12.5 Å². The lowest BCUT2D eigenvalue weighted by Crippen LogP contribution is -2.52. The number of amides is 3. The Balaban J connectivity index is 1.34.